The van der Waals surface area contributed by atoms with E-state index in [2.05, 4.69) is 20.6 Å². The van der Waals surface area contributed by atoms with Gasteiger partial charge in [0.25, 0.3) is 0 Å². The standard InChI is InChI=1S/C19H24FN5O/c1-24-18(17(10-22-24)13-2-3-13)11-21-19(26)23-15-8-9-25(12-15)16-6-4-14(20)5-7-16/h4-7,10,13,15H,2-3,8-9,11-12H2,1H3,(H2,21,23,26). The van der Waals surface area contributed by atoms with Crippen molar-refractivity contribution in [2.45, 2.75) is 37.8 Å². The first-order chi connectivity index (χ1) is 12.6. The number of aromatic nitrogens is 2. The van der Waals surface area contributed by atoms with E-state index in [1.54, 1.807) is 12.1 Å². The SMILES string of the molecule is Cn1ncc(C2CC2)c1CNC(=O)NC1CCN(c2ccc(F)cc2)C1. The molecular weight excluding hydrogens is 333 g/mol. The smallest absolute Gasteiger partial charge is 0.315 e. The van der Waals surface area contributed by atoms with Crippen LogP contribution < -0.4 is 15.5 Å². The molecule has 1 aliphatic carbocycles. The maximum atomic E-state index is 13.0. The average molecular weight is 357 g/mol. The van der Waals surface area contributed by atoms with Crippen molar-refractivity contribution in [3.8, 4) is 0 Å². The van der Waals surface area contributed by atoms with Gasteiger partial charge in [0.2, 0.25) is 0 Å². The molecule has 1 atom stereocenters. The Balaban J connectivity index is 1.28. The van der Waals surface area contributed by atoms with Gasteiger partial charge in [-0.15, -0.1) is 0 Å². The predicted molar refractivity (Wildman–Crippen MR) is 97.6 cm³/mol. The summed E-state index contributed by atoms with van der Waals surface area (Å²) in [5, 5.41) is 10.3. The summed E-state index contributed by atoms with van der Waals surface area (Å²) in [6, 6.07) is 6.43. The molecule has 6 nitrogen and oxygen atoms in total. The first kappa shape index (κ1) is 16.9. The van der Waals surface area contributed by atoms with Crippen LogP contribution in [0.15, 0.2) is 30.5 Å². The van der Waals surface area contributed by atoms with Gasteiger partial charge >= 0.3 is 6.03 Å². The van der Waals surface area contributed by atoms with Crippen molar-refractivity contribution in [3.63, 3.8) is 0 Å². The Hall–Kier alpha value is -2.57. The van der Waals surface area contributed by atoms with Crippen LogP contribution in [0.2, 0.25) is 0 Å². The minimum absolute atomic E-state index is 0.0921. The highest BCUT2D eigenvalue weighted by Crippen LogP contribution is 2.41. The summed E-state index contributed by atoms with van der Waals surface area (Å²) >= 11 is 0. The number of carbonyl (C=O) groups is 1. The Morgan fingerprint density at radius 1 is 1.27 bits per heavy atom. The summed E-state index contributed by atoms with van der Waals surface area (Å²) in [7, 11) is 1.92. The Labute approximate surface area is 152 Å². The fraction of sp³-hybridized carbons (Fsp3) is 0.474. The number of rotatable bonds is 5. The van der Waals surface area contributed by atoms with E-state index in [-0.39, 0.29) is 17.9 Å². The van der Waals surface area contributed by atoms with Gasteiger partial charge in [0, 0.05) is 31.9 Å². The number of benzene rings is 1. The first-order valence-electron chi connectivity index (χ1n) is 9.16. The van der Waals surface area contributed by atoms with Crippen molar-refractivity contribution in [1.29, 1.82) is 0 Å². The zero-order chi connectivity index (χ0) is 18.1. The van der Waals surface area contributed by atoms with Crippen molar-refractivity contribution in [2.75, 3.05) is 18.0 Å². The second-order valence-corrected chi connectivity index (χ2v) is 7.18. The van der Waals surface area contributed by atoms with E-state index in [0.29, 0.717) is 12.5 Å². The molecule has 2 N–H and O–H groups in total. The lowest BCUT2D eigenvalue weighted by atomic mass is 10.1. The molecule has 2 heterocycles. The zero-order valence-electron chi connectivity index (χ0n) is 14.9. The van der Waals surface area contributed by atoms with Crippen molar-refractivity contribution in [1.82, 2.24) is 20.4 Å². The molecule has 0 radical (unpaired) electrons. The monoisotopic (exact) mass is 357 g/mol. The van der Waals surface area contributed by atoms with Crippen LogP contribution in [0, 0.1) is 5.82 Å². The van der Waals surface area contributed by atoms with E-state index in [0.717, 1.165) is 30.9 Å². The number of hydrogen-bond donors (Lipinski definition) is 2. The van der Waals surface area contributed by atoms with Crippen LogP contribution in [0.25, 0.3) is 0 Å². The molecule has 138 valence electrons. The molecule has 2 aromatic rings. The van der Waals surface area contributed by atoms with E-state index in [9.17, 15) is 9.18 Å². The largest absolute Gasteiger partial charge is 0.369 e. The molecule has 2 fully saturated rings. The quantitative estimate of drug-likeness (QED) is 0.864. The summed E-state index contributed by atoms with van der Waals surface area (Å²) in [6.07, 6.45) is 5.23. The van der Waals surface area contributed by atoms with Gasteiger partial charge in [0.05, 0.1) is 18.4 Å². The fourth-order valence-electron chi connectivity index (χ4n) is 3.60. The fourth-order valence-corrected chi connectivity index (χ4v) is 3.60. The normalized spacial score (nSPS) is 19.6. The molecule has 26 heavy (non-hydrogen) atoms. The predicted octanol–water partition coefficient (Wildman–Crippen LogP) is 2.51. The number of urea groups is 1. The molecule has 7 heteroatoms. The molecule has 1 saturated carbocycles. The number of aryl methyl sites for hydroxylation is 1. The lowest BCUT2D eigenvalue weighted by Gasteiger charge is -2.19. The van der Waals surface area contributed by atoms with Crippen LogP contribution in [-0.2, 0) is 13.6 Å². The zero-order valence-corrected chi connectivity index (χ0v) is 14.9. The summed E-state index contributed by atoms with van der Waals surface area (Å²) in [5.74, 6) is 0.380. The second kappa shape index (κ2) is 6.97. The van der Waals surface area contributed by atoms with Crippen molar-refractivity contribution in [2.24, 2.45) is 7.05 Å². The minimum atomic E-state index is -0.234. The maximum Gasteiger partial charge on any atom is 0.315 e. The van der Waals surface area contributed by atoms with Crippen LogP contribution in [0.4, 0.5) is 14.9 Å². The van der Waals surface area contributed by atoms with Crippen LogP contribution in [0.5, 0.6) is 0 Å². The van der Waals surface area contributed by atoms with Gasteiger partial charge < -0.3 is 15.5 Å². The van der Waals surface area contributed by atoms with Gasteiger partial charge in [-0.3, -0.25) is 4.68 Å². The van der Waals surface area contributed by atoms with Crippen LogP contribution in [0.1, 0.15) is 36.4 Å². The minimum Gasteiger partial charge on any atom is -0.369 e. The first-order valence-corrected chi connectivity index (χ1v) is 9.16. The third-order valence-electron chi connectivity index (χ3n) is 5.24. The van der Waals surface area contributed by atoms with Gasteiger partial charge in [0.1, 0.15) is 5.82 Å². The van der Waals surface area contributed by atoms with Gasteiger partial charge in [-0.05, 0) is 55.0 Å². The molecule has 1 aromatic heterocycles. The summed E-state index contributed by atoms with van der Waals surface area (Å²) < 4.78 is 14.9. The molecule has 2 amide bonds. The third kappa shape index (κ3) is 3.66. The Morgan fingerprint density at radius 2 is 2.04 bits per heavy atom. The molecule has 0 spiro atoms. The molecule has 1 saturated heterocycles. The van der Waals surface area contributed by atoms with E-state index in [1.807, 2.05) is 17.9 Å². The molecule has 1 aliphatic heterocycles. The number of nitrogens with one attached hydrogen (secondary N) is 2. The van der Waals surface area contributed by atoms with E-state index < -0.39 is 0 Å². The van der Waals surface area contributed by atoms with Gasteiger partial charge in [-0.25, -0.2) is 9.18 Å². The topological polar surface area (TPSA) is 62.2 Å². The summed E-state index contributed by atoms with van der Waals surface area (Å²) in [4.78, 5) is 14.4. The molecule has 0 bridgehead atoms. The molecule has 2 aliphatic rings. The molecule has 1 aromatic carbocycles. The number of halogens is 1. The molecular formula is C19H24FN5O. The Bertz CT molecular complexity index is 784. The second-order valence-electron chi connectivity index (χ2n) is 7.18. The maximum absolute atomic E-state index is 13.0. The number of anilines is 1. The van der Waals surface area contributed by atoms with E-state index in [4.69, 9.17) is 0 Å². The Kier molecular flexibility index (Phi) is 4.53. The average Bonchev–Trinajstić information content (AvgIpc) is 3.26. The number of nitrogens with zero attached hydrogens (tertiary/aromatic N) is 3. The highest BCUT2D eigenvalue weighted by Gasteiger charge is 2.28. The molecule has 4 rings (SSSR count). The van der Waals surface area contributed by atoms with Crippen molar-refractivity contribution >= 4 is 11.7 Å². The molecule has 1 unspecified atom stereocenters. The highest BCUT2D eigenvalue weighted by molar-refractivity contribution is 5.74. The lowest BCUT2D eigenvalue weighted by Crippen LogP contribution is -2.43. The van der Waals surface area contributed by atoms with Crippen LogP contribution in [-0.4, -0.2) is 34.9 Å². The van der Waals surface area contributed by atoms with E-state index >= 15 is 0 Å². The number of amides is 2. The highest BCUT2D eigenvalue weighted by atomic mass is 19.1. The van der Waals surface area contributed by atoms with Crippen molar-refractivity contribution < 1.29 is 9.18 Å². The van der Waals surface area contributed by atoms with Crippen LogP contribution >= 0.6 is 0 Å². The number of carbonyl (C=O) groups excluding carboxylic acids is 1. The number of hydrogen-bond acceptors (Lipinski definition) is 3. The van der Waals surface area contributed by atoms with Crippen molar-refractivity contribution in [3.05, 3.63) is 47.5 Å². The van der Waals surface area contributed by atoms with Gasteiger partial charge in [-0.2, -0.15) is 5.10 Å². The van der Waals surface area contributed by atoms with Crippen LogP contribution in [0.3, 0.4) is 0 Å². The summed E-state index contributed by atoms with van der Waals surface area (Å²) in [6.45, 7) is 2.07. The van der Waals surface area contributed by atoms with E-state index in [1.165, 1.54) is 30.5 Å². The van der Waals surface area contributed by atoms with Gasteiger partial charge in [0.15, 0.2) is 0 Å². The van der Waals surface area contributed by atoms with Gasteiger partial charge in [-0.1, -0.05) is 0 Å². The Morgan fingerprint density at radius 3 is 2.77 bits per heavy atom. The third-order valence-corrected chi connectivity index (χ3v) is 5.24. The lowest BCUT2D eigenvalue weighted by molar-refractivity contribution is 0.237. The summed E-state index contributed by atoms with van der Waals surface area (Å²) in [5.41, 5.74) is 3.33.